The third kappa shape index (κ3) is 127. The van der Waals surface area contributed by atoms with Crippen LogP contribution in [0.5, 0.6) is 0 Å². The lowest BCUT2D eigenvalue weighted by molar-refractivity contribution is 0.289. The predicted octanol–water partition coefficient (Wildman–Crippen LogP) is 10.9. The molecule has 0 heteroatoms. The fourth-order valence-electron chi connectivity index (χ4n) is 1.03. The summed E-state index contributed by atoms with van der Waals surface area (Å²) in [7, 11) is 0. The Morgan fingerprint density at radius 1 is 0.423 bits per heavy atom. The van der Waals surface area contributed by atoms with Gasteiger partial charge in [-0.15, -0.1) is 0 Å². The van der Waals surface area contributed by atoms with E-state index in [0.717, 1.165) is 29.6 Å². The van der Waals surface area contributed by atoms with Crippen LogP contribution in [0.25, 0.3) is 0 Å². The molecule has 0 heterocycles. The number of rotatable bonds is 3. The minimum absolute atomic E-state index is 0.833. The van der Waals surface area contributed by atoms with Gasteiger partial charge in [0.05, 0.1) is 0 Å². The molecule has 0 aliphatic heterocycles. The molecule has 0 N–H and O–H groups in total. The van der Waals surface area contributed by atoms with Crippen molar-refractivity contribution in [2.24, 2.45) is 29.6 Å². The lowest BCUT2D eigenvalue weighted by Gasteiger charge is -2.21. The Kier molecular flexibility index (Phi) is 62.3. The van der Waals surface area contributed by atoms with Gasteiger partial charge in [-0.1, -0.05) is 143 Å². The molecule has 0 aliphatic rings. The molecular weight excluding hydrogens is 312 g/mol. The van der Waals surface area contributed by atoms with Gasteiger partial charge in [0.1, 0.15) is 0 Å². The van der Waals surface area contributed by atoms with E-state index < -0.39 is 0 Å². The summed E-state index contributed by atoms with van der Waals surface area (Å²) in [5.41, 5.74) is 0. The normalized spacial score (nSPS) is 11.1. The van der Waals surface area contributed by atoms with Gasteiger partial charge in [-0.25, -0.2) is 0 Å². The summed E-state index contributed by atoms with van der Waals surface area (Å²) in [6, 6.07) is 0. The van der Waals surface area contributed by atoms with E-state index in [0.29, 0.717) is 0 Å². The lowest BCUT2D eigenvalue weighted by Crippen LogP contribution is -2.12. The minimum Gasteiger partial charge on any atom is -0.0656 e. The van der Waals surface area contributed by atoms with Crippen molar-refractivity contribution in [2.45, 2.75) is 143 Å². The van der Waals surface area contributed by atoms with Crippen LogP contribution in [0.3, 0.4) is 0 Å². The summed E-state index contributed by atoms with van der Waals surface area (Å²) in [6.07, 6.45) is 5.07. The monoisotopic (exact) mass is 377 g/mol. The Labute approximate surface area is 173 Å². The Balaban J connectivity index is -0.0000000502. The zero-order valence-electron chi connectivity index (χ0n) is 22.7. The van der Waals surface area contributed by atoms with E-state index in [-0.39, 0.29) is 0 Å². The average Bonchev–Trinajstić information content (AvgIpc) is 2.46. The maximum Gasteiger partial charge on any atom is -0.0394 e. The van der Waals surface area contributed by atoms with Gasteiger partial charge in [-0.05, 0) is 29.6 Å². The van der Waals surface area contributed by atoms with E-state index in [1.165, 1.54) is 25.7 Å². The summed E-state index contributed by atoms with van der Waals surface area (Å²) in [6.45, 7) is 37.3. The molecule has 0 nitrogen and oxygen atoms in total. The minimum atomic E-state index is 0.833. The van der Waals surface area contributed by atoms with Crippen LogP contribution in [0.15, 0.2) is 0 Å². The first-order chi connectivity index (χ1) is 11.8. The third-order valence-corrected chi connectivity index (χ3v) is 2.59. The molecule has 0 aromatic rings. The van der Waals surface area contributed by atoms with Crippen molar-refractivity contribution in [3.8, 4) is 0 Å². The molecule has 0 aliphatic carbocycles. The Bertz CT molecular complexity index is 139. The second kappa shape index (κ2) is 39.9. The van der Waals surface area contributed by atoms with E-state index >= 15 is 0 Å². The predicted molar refractivity (Wildman–Crippen MR) is 132 cm³/mol. The standard InChI is InChI=1S/C9H20.2C4H10.3C3H8/c1-6-8(4)9(5)7(2)3;2*1-4(2)3;3*1-3-2/h7-9H,6H2,1-5H3;2*4H,1-3H3;3*3H2,1-2H3. The van der Waals surface area contributed by atoms with E-state index in [4.69, 9.17) is 0 Å². The van der Waals surface area contributed by atoms with Crippen LogP contribution in [-0.4, -0.2) is 0 Å². The Morgan fingerprint density at radius 3 is 0.615 bits per heavy atom. The van der Waals surface area contributed by atoms with Crippen LogP contribution in [0.1, 0.15) is 143 Å². The van der Waals surface area contributed by atoms with Crippen molar-refractivity contribution in [3.63, 3.8) is 0 Å². The van der Waals surface area contributed by atoms with Crippen molar-refractivity contribution in [1.29, 1.82) is 0 Å². The van der Waals surface area contributed by atoms with Crippen LogP contribution < -0.4 is 0 Å². The molecule has 0 fully saturated rings. The highest BCUT2D eigenvalue weighted by Crippen LogP contribution is 2.21. The zero-order chi connectivity index (χ0) is 22.7. The molecule has 26 heavy (non-hydrogen) atoms. The van der Waals surface area contributed by atoms with E-state index in [1.807, 2.05) is 0 Å². The molecule has 0 radical (unpaired) electrons. The van der Waals surface area contributed by atoms with Gasteiger partial charge in [0, 0.05) is 0 Å². The van der Waals surface area contributed by atoms with Crippen molar-refractivity contribution in [1.82, 2.24) is 0 Å². The van der Waals surface area contributed by atoms with Gasteiger partial charge in [0.15, 0.2) is 0 Å². The molecule has 0 spiro atoms. The van der Waals surface area contributed by atoms with Crippen LogP contribution in [0, 0.1) is 29.6 Å². The molecule has 0 amide bonds. The van der Waals surface area contributed by atoms with Crippen LogP contribution in [-0.2, 0) is 0 Å². The van der Waals surface area contributed by atoms with Crippen molar-refractivity contribution < 1.29 is 0 Å². The first-order valence-electron chi connectivity index (χ1n) is 11.8. The highest BCUT2D eigenvalue weighted by atomic mass is 14.2. The lowest BCUT2D eigenvalue weighted by atomic mass is 9.85. The van der Waals surface area contributed by atoms with Gasteiger partial charge in [0.25, 0.3) is 0 Å². The van der Waals surface area contributed by atoms with E-state index in [1.54, 1.807) is 0 Å². The third-order valence-electron chi connectivity index (χ3n) is 2.59. The maximum atomic E-state index is 2.35. The second-order valence-electron chi connectivity index (χ2n) is 9.07. The van der Waals surface area contributed by atoms with E-state index in [9.17, 15) is 0 Å². The Morgan fingerprint density at radius 2 is 0.577 bits per heavy atom. The topological polar surface area (TPSA) is 0 Å². The van der Waals surface area contributed by atoms with Gasteiger partial charge in [-0.3, -0.25) is 0 Å². The van der Waals surface area contributed by atoms with Gasteiger partial charge in [0.2, 0.25) is 0 Å². The first-order valence-corrected chi connectivity index (χ1v) is 11.8. The fourth-order valence-corrected chi connectivity index (χ4v) is 1.03. The largest absolute Gasteiger partial charge is 0.0656 e. The summed E-state index contributed by atoms with van der Waals surface area (Å²) < 4.78 is 0. The highest BCUT2D eigenvalue weighted by Gasteiger charge is 2.12. The van der Waals surface area contributed by atoms with Gasteiger partial charge in [-0.2, -0.15) is 0 Å². The first kappa shape index (κ1) is 40.6. The summed E-state index contributed by atoms with van der Waals surface area (Å²) in [4.78, 5) is 0. The molecule has 2 unspecified atom stereocenters. The van der Waals surface area contributed by atoms with Crippen LogP contribution in [0.4, 0.5) is 0 Å². The summed E-state index contributed by atoms with van der Waals surface area (Å²) >= 11 is 0. The number of hydrogen-bond acceptors (Lipinski definition) is 0. The number of hydrogen-bond donors (Lipinski definition) is 0. The van der Waals surface area contributed by atoms with Gasteiger partial charge < -0.3 is 0 Å². The summed E-state index contributed by atoms with van der Waals surface area (Å²) in [5, 5.41) is 0. The molecular formula is C26H64. The fraction of sp³-hybridized carbons (Fsp3) is 1.00. The zero-order valence-corrected chi connectivity index (χ0v) is 22.7. The molecule has 0 saturated carbocycles. The van der Waals surface area contributed by atoms with Crippen molar-refractivity contribution >= 4 is 0 Å². The smallest absolute Gasteiger partial charge is 0.0394 e. The maximum absolute atomic E-state index is 2.35. The SMILES string of the molecule is CC(C)C.CC(C)C.CCC.CCC.CCC.CCC(C)C(C)C(C)C. The second-order valence-corrected chi connectivity index (χ2v) is 9.07. The quantitative estimate of drug-likeness (QED) is 0.459. The molecule has 0 rings (SSSR count). The molecule has 0 bridgehead atoms. The molecule has 0 aromatic heterocycles. The summed E-state index contributed by atoms with van der Waals surface area (Å²) in [5.74, 6) is 4.29. The van der Waals surface area contributed by atoms with E-state index in [2.05, 4.69) is 118 Å². The molecule has 0 aromatic carbocycles. The molecule has 2 atom stereocenters. The van der Waals surface area contributed by atoms with Crippen molar-refractivity contribution in [3.05, 3.63) is 0 Å². The van der Waals surface area contributed by atoms with Crippen molar-refractivity contribution in [2.75, 3.05) is 0 Å². The molecule has 168 valence electrons. The van der Waals surface area contributed by atoms with Crippen LogP contribution in [0.2, 0.25) is 0 Å². The highest BCUT2D eigenvalue weighted by molar-refractivity contribution is 4.62. The average molecular weight is 377 g/mol. The van der Waals surface area contributed by atoms with Gasteiger partial charge >= 0.3 is 0 Å². The Hall–Kier alpha value is 0. The van der Waals surface area contributed by atoms with Crippen LogP contribution >= 0.6 is 0 Å². The molecule has 0 saturated heterocycles.